The highest BCUT2D eigenvalue weighted by Crippen LogP contribution is 2.04. The average Bonchev–Trinajstić information content (AvgIpc) is 2.91. The Bertz CT molecular complexity index is 568. The summed E-state index contributed by atoms with van der Waals surface area (Å²) in [6.07, 6.45) is 6.66. The second-order valence-electron chi connectivity index (χ2n) is 5.38. The summed E-state index contributed by atoms with van der Waals surface area (Å²) >= 11 is 0. The van der Waals surface area contributed by atoms with Crippen molar-refractivity contribution in [3.8, 4) is 0 Å². The van der Waals surface area contributed by atoms with Crippen LogP contribution in [0.3, 0.4) is 0 Å². The lowest BCUT2D eigenvalue weighted by molar-refractivity contribution is 0.534. The molecule has 0 saturated carbocycles. The average molecular weight is 305 g/mol. The molecule has 2 rings (SSSR count). The highest BCUT2D eigenvalue weighted by atomic mass is 32.2. The van der Waals surface area contributed by atoms with Gasteiger partial charge in [-0.25, -0.2) is 0 Å². The van der Waals surface area contributed by atoms with Gasteiger partial charge < -0.3 is 5.32 Å². The first-order valence-electron chi connectivity index (χ1n) is 7.22. The van der Waals surface area contributed by atoms with Crippen LogP contribution in [0.5, 0.6) is 0 Å². The summed E-state index contributed by atoms with van der Waals surface area (Å²) in [6, 6.07) is 10.7. The normalized spacial score (nSPS) is 14.0. The minimum absolute atomic E-state index is 0.367. The molecule has 1 aromatic carbocycles. The van der Waals surface area contributed by atoms with Gasteiger partial charge in [-0.2, -0.15) is 5.10 Å². The van der Waals surface area contributed by atoms with Gasteiger partial charge in [0.25, 0.3) is 0 Å². The highest BCUT2D eigenvalue weighted by Gasteiger charge is 2.04. The molecule has 0 radical (unpaired) electrons. The van der Waals surface area contributed by atoms with Crippen LogP contribution in [0, 0.1) is 0 Å². The van der Waals surface area contributed by atoms with Crippen LogP contribution in [0.2, 0.25) is 0 Å². The van der Waals surface area contributed by atoms with Crippen molar-refractivity contribution < 1.29 is 4.21 Å². The summed E-state index contributed by atoms with van der Waals surface area (Å²) in [6.45, 7) is 3.72. The van der Waals surface area contributed by atoms with E-state index in [0.29, 0.717) is 6.04 Å². The predicted octanol–water partition coefficient (Wildman–Crippen LogP) is 2.18. The Kier molecular flexibility index (Phi) is 6.14. The molecular weight excluding hydrogens is 282 g/mol. The van der Waals surface area contributed by atoms with Gasteiger partial charge in [0.15, 0.2) is 0 Å². The van der Waals surface area contributed by atoms with Crippen molar-refractivity contribution in [3.05, 3.63) is 53.9 Å². The molecule has 0 bridgehead atoms. The maximum absolute atomic E-state index is 11.1. The molecule has 1 aromatic heterocycles. The van der Waals surface area contributed by atoms with E-state index in [2.05, 4.69) is 35.7 Å². The molecule has 114 valence electrons. The van der Waals surface area contributed by atoms with E-state index in [1.807, 2.05) is 29.1 Å². The molecule has 2 atom stereocenters. The van der Waals surface area contributed by atoms with Crippen molar-refractivity contribution in [1.82, 2.24) is 15.1 Å². The van der Waals surface area contributed by atoms with Crippen molar-refractivity contribution in [2.45, 2.75) is 32.5 Å². The zero-order valence-electron chi connectivity index (χ0n) is 12.7. The Hall–Kier alpha value is -1.46. The van der Waals surface area contributed by atoms with E-state index in [1.54, 1.807) is 6.26 Å². The van der Waals surface area contributed by atoms with Crippen molar-refractivity contribution in [1.29, 1.82) is 0 Å². The summed E-state index contributed by atoms with van der Waals surface area (Å²) in [5.41, 5.74) is 2.43. The van der Waals surface area contributed by atoms with Crippen molar-refractivity contribution in [3.63, 3.8) is 0 Å². The number of hydrogen-bond donors (Lipinski definition) is 1. The number of nitrogens with zero attached hydrogens (tertiary/aromatic N) is 2. The molecule has 21 heavy (non-hydrogen) atoms. The van der Waals surface area contributed by atoms with Gasteiger partial charge in [0.05, 0.1) is 12.7 Å². The van der Waals surface area contributed by atoms with Gasteiger partial charge in [-0.15, -0.1) is 0 Å². The van der Waals surface area contributed by atoms with Gasteiger partial charge in [0, 0.05) is 47.2 Å². The third kappa shape index (κ3) is 5.81. The van der Waals surface area contributed by atoms with Crippen LogP contribution in [-0.4, -0.2) is 32.0 Å². The molecule has 1 heterocycles. The summed E-state index contributed by atoms with van der Waals surface area (Å²) in [4.78, 5) is 0. The van der Waals surface area contributed by atoms with E-state index in [9.17, 15) is 4.21 Å². The predicted molar refractivity (Wildman–Crippen MR) is 87.6 cm³/mol. The van der Waals surface area contributed by atoms with Crippen LogP contribution in [0.1, 0.15) is 24.5 Å². The van der Waals surface area contributed by atoms with Crippen LogP contribution in [0.25, 0.3) is 0 Å². The molecule has 0 spiro atoms. The Labute approximate surface area is 129 Å². The lowest BCUT2D eigenvalue weighted by atomic mass is 10.2. The van der Waals surface area contributed by atoms with E-state index in [1.165, 1.54) is 11.1 Å². The van der Waals surface area contributed by atoms with E-state index in [0.717, 1.165) is 25.3 Å². The van der Waals surface area contributed by atoms with Gasteiger partial charge in [-0.3, -0.25) is 8.89 Å². The molecule has 0 aliphatic rings. The Morgan fingerprint density at radius 1 is 1.29 bits per heavy atom. The van der Waals surface area contributed by atoms with E-state index < -0.39 is 10.8 Å². The molecule has 2 aromatic rings. The summed E-state index contributed by atoms with van der Waals surface area (Å²) in [7, 11) is -0.709. The van der Waals surface area contributed by atoms with Crippen LogP contribution < -0.4 is 5.32 Å². The van der Waals surface area contributed by atoms with Crippen molar-refractivity contribution in [2.24, 2.45) is 0 Å². The Morgan fingerprint density at radius 3 is 2.76 bits per heavy atom. The zero-order chi connectivity index (χ0) is 15.1. The van der Waals surface area contributed by atoms with Crippen molar-refractivity contribution in [2.75, 3.05) is 12.0 Å². The third-order valence-corrected chi connectivity index (χ3v) is 4.18. The second-order valence-corrected chi connectivity index (χ2v) is 6.93. The smallest absolute Gasteiger partial charge is 0.0659 e. The maximum atomic E-state index is 11.1. The largest absolute Gasteiger partial charge is 0.310 e. The quantitative estimate of drug-likeness (QED) is 0.813. The fourth-order valence-corrected chi connectivity index (χ4v) is 2.78. The molecule has 0 amide bonds. The van der Waals surface area contributed by atoms with Gasteiger partial charge >= 0.3 is 0 Å². The Morgan fingerprint density at radius 2 is 2.05 bits per heavy atom. The van der Waals surface area contributed by atoms with Crippen LogP contribution in [0.15, 0.2) is 42.7 Å². The first-order chi connectivity index (χ1) is 10.1. The number of rotatable bonds is 8. The molecule has 0 aliphatic carbocycles. The summed E-state index contributed by atoms with van der Waals surface area (Å²) in [5.74, 6) is 0.751. The van der Waals surface area contributed by atoms with Crippen LogP contribution in [-0.2, 0) is 23.9 Å². The topological polar surface area (TPSA) is 46.9 Å². The lowest BCUT2D eigenvalue weighted by Gasteiger charge is -2.11. The fraction of sp³-hybridized carbons (Fsp3) is 0.438. The van der Waals surface area contributed by atoms with Crippen LogP contribution in [0.4, 0.5) is 0 Å². The number of hydrogen-bond acceptors (Lipinski definition) is 3. The molecular formula is C16H23N3OS. The third-order valence-electron chi connectivity index (χ3n) is 3.37. The number of nitrogens with one attached hydrogen (secondary N) is 1. The Balaban J connectivity index is 1.79. The number of benzene rings is 1. The molecule has 0 saturated heterocycles. The second kappa shape index (κ2) is 8.10. The van der Waals surface area contributed by atoms with Gasteiger partial charge in [0.1, 0.15) is 0 Å². The van der Waals surface area contributed by atoms with Gasteiger partial charge in [-0.05, 0) is 18.9 Å². The van der Waals surface area contributed by atoms with Crippen molar-refractivity contribution >= 4 is 10.8 Å². The summed E-state index contributed by atoms with van der Waals surface area (Å²) in [5, 5.41) is 7.84. The van der Waals surface area contributed by atoms with E-state index in [4.69, 9.17) is 0 Å². The first-order valence-corrected chi connectivity index (χ1v) is 8.95. The molecule has 0 fully saturated rings. The monoisotopic (exact) mass is 305 g/mol. The van der Waals surface area contributed by atoms with Gasteiger partial charge in [-0.1, -0.05) is 30.3 Å². The first kappa shape index (κ1) is 15.9. The molecule has 0 aliphatic heterocycles. The molecule has 4 nitrogen and oxygen atoms in total. The standard InChI is InChI=1S/C16H23N3OS/c1-14(8-9-21(2)20)17-10-16-11-18-19(13-16)12-15-6-4-3-5-7-15/h3-7,11,13-14,17H,8-10,12H2,1-2H3. The van der Waals surface area contributed by atoms with Gasteiger partial charge in [0.2, 0.25) is 0 Å². The minimum Gasteiger partial charge on any atom is -0.310 e. The van der Waals surface area contributed by atoms with Crippen LogP contribution >= 0.6 is 0 Å². The fourth-order valence-electron chi connectivity index (χ4n) is 2.09. The van der Waals surface area contributed by atoms with E-state index in [-0.39, 0.29) is 0 Å². The number of aromatic nitrogens is 2. The zero-order valence-corrected chi connectivity index (χ0v) is 13.5. The highest BCUT2D eigenvalue weighted by molar-refractivity contribution is 7.84. The maximum Gasteiger partial charge on any atom is 0.0659 e. The lowest BCUT2D eigenvalue weighted by Crippen LogP contribution is -2.26. The minimum atomic E-state index is -0.709. The summed E-state index contributed by atoms with van der Waals surface area (Å²) < 4.78 is 13.0. The molecule has 5 heteroatoms. The van der Waals surface area contributed by atoms with E-state index >= 15 is 0 Å². The molecule has 2 unspecified atom stereocenters. The SMILES string of the molecule is CC(CCS(C)=O)NCc1cnn(Cc2ccccc2)c1. The molecule has 1 N–H and O–H groups in total.